The lowest BCUT2D eigenvalue weighted by atomic mass is 10.2. The van der Waals surface area contributed by atoms with E-state index in [0.717, 1.165) is 0 Å². The van der Waals surface area contributed by atoms with Crippen LogP contribution in [0, 0.1) is 0 Å². The summed E-state index contributed by atoms with van der Waals surface area (Å²) in [6.07, 6.45) is 1.46. The van der Waals surface area contributed by atoms with Crippen LogP contribution in [0.3, 0.4) is 0 Å². The van der Waals surface area contributed by atoms with Gasteiger partial charge in [0.25, 0.3) is 5.91 Å². The summed E-state index contributed by atoms with van der Waals surface area (Å²) in [6.45, 7) is 0. The zero-order chi connectivity index (χ0) is 17.5. The van der Waals surface area contributed by atoms with E-state index in [1.165, 1.54) is 27.5 Å². The number of anilines is 1. The van der Waals surface area contributed by atoms with Crippen LogP contribution in [-0.4, -0.2) is 33.5 Å². The lowest BCUT2D eigenvalue weighted by Gasteiger charge is -2.11. The number of nitrogen functional groups attached to an aromatic ring is 1. The molecule has 0 aromatic heterocycles. The highest BCUT2D eigenvalue weighted by Gasteiger charge is 2.11. The molecule has 0 aliphatic heterocycles. The molecule has 126 valence electrons. The Bertz CT molecular complexity index is 759. The summed E-state index contributed by atoms with van der Waals surface area (Å²) >= 11 is 0. The molecule has 0 aliphatic carbocycles. The highest BCUT2D eigenvalue weighted by Crippen LogP contribution is 2.33. The van der Waals surface area contributed by atoms with Crippen molar-refractivity contribution in [1.29, 1.82) is 0 Å². The number of rotatable bonds is 6. The highest BCUT2D eigenvalue weighted by molar-refractivity contribution is 5.99. The molecule has 7 heteroatoms. The predicted molar refractivity (Wildman–Crippen MR) is 92.0 cm³/mol. The third kappa shape index (κ3) is 3.75. The molecule has 1 amide bonds. The van der Waals surface area contributed by atoms with E-state index in [1.807, 2.05) is 0 Å². The SMILES string of the molecule is COc1cc(OC)c(OC)cc1/C=N/NC(=O)c1ccccc1N. The summed E-state index contributed by atoms with van der Waals surface area (Å²) in [5, 5.41) is 3.94. The molecule has 24 heavy (non-hydrogen) atoms. The van der Waals surface area contributed by atoms with Crippen molar-refractivity contribution in [3.05, 3.63) is 47.5 Å². The average Bonchev–Trinajstić information content (AvgIpc) is 2.61. The number of benzene rings is 2. The Morgan fingerprint density at radius 2 is 1.67 bits per heavy atom. The van der Waals surface area contributed by atoms with Crippen LogP contribution >= 0.6 is 0 Å². The van der Waals surface area contributed by atoms with Gasteiger partial charge in [0.05, 0.1) is 33.1 Å². The van der Waals surface area contributed by atoms with Crippen molar-refractivity contribution >= 4 is 17.8 Å². The zero-order valence-electron chi connectivity index (χ0n) is 13.7. The van der Waals surface area contributed by atoms with Gasteiger partial charge in [0.1, 0.15) is 5.75 Å². The maximum absolute atomic E-state index is 12.1. The lowest BCUT2D eigenvalue weighted by Crippen LogP contribution is -2.19. The van der Waals surface area contributed by atoms with Gasteiger partial charge in [0.15, 0.2) is 11.5 Å². The Labute approximate surface area is 140 Å². The van der Waals surface area contributed by atoms with E-state index in [9.17, 15) is 4.79 Å². The Morgan fingerprint density at radius 3 is 2.29 bits per heavy atom. The van der Waals surface area contributed by atoms with E-state index in [1.54, 1.807) is 36.4 Å². The first-order valence-corrected chi connectivity index (χ1v) is 7.08. The monoisotopic (exact) mass is 329 g/mol. The molecular formula is C17H19N3O4. The first-order chi connectivity index (χ1) is 11.6. The van der Waals surface area contributed by atoms with Crippen molar-refractivity contribution in [2.24, 2.45) is 5.10 Å². The number of carbonyl (C=O) groups excluding carboxylic acids is 1. The van der Waals surface area contributed by atoms with Crippen molar-refractivity contribution < 1.29 is 19.0 Å². The second-order valence-electron chi connectivity index (χ2n) is 4.74. The average molecular weight is 329 g/mol. The van der Waals surface area contributed by atoms with Crippen LogP contribution in [-0.2, 0) is 0 Å². The summed E-state index contributed by atoms with van der Waals surface area (Å²) in [5.41, 5.74) is 9.55. The predicted octanol–water partition coefficient (Wildman–Crippen LogP) is 2.06. The summed E-state index contributed by atoms with van der Waals surface area (Å²) in [5.74, 6) is 1.19. The molecule has 0 radical (unpaired) electrons. The molecule has 3 N–H and O–H groups in total. The molecule has 0 spiro atoms. The van der Waals surface area contributed by atoms with Crippen molar-refractivity contribution in [1.82, 2.24) is 5.43 Å². The fourth-order valence-electron chi connectivity index (χ4n) is 2.08. The Kier molecular flexibility index (Phi) is 5.62. The molecule has 0 heterocycles. The molecule has 0 saturated carbocycles. The first-order valence-electron chi connectivity index (χ1n) is 7.08. The quantitative estimate of drug-likeness (QED) is 0.480. The number of amides is 1. The van der Waals surface area contributed by atoms with Gasteiger partial charge in [-0.1, -0.05) is 12.1 Å². The van der Waals surface area contributed by atoms with E-state index in [2.05, 4.69) is 10.5 Å². The normalized spacial score (nSPS) is 10.5. The molecule has 2 aromatic rings. The Morgan fingerprint density at radius 1 is 1.04 bits per heavy atom. The van der Waals surface area contributed by atoms with Crippen molar-refractivity contribution in [2.45, 2.75) is 0 Å². The van der Waals surface area contributed by atoms with Gasteiger partial charge in [0, 0.05) is 17.3 Å². The molecule has 0 atom stereocenters. The van der Waals surface area contributed by atoms with E-state index in [-0.39, 0.29) is 0 Å². The molecule has 0 saturated heterocycles. The Hall–Kier alpha value is -3.22. The van der Waals surface area contributed by atoms with Gasteiger partial charge in [-0.05, 0) is 18.2 Å². The van der Waals surface area contributed by atoms with Crippen molar-refractivity contribution in [2.75, 3.05) is 27.1 Å². The minimum atomic E-state index is -0.399. The smallest absolute Gasteiger partial charge is 0.273 e. The fraction of sp³-hybridized carbons (Fsp3) is 0.176. The van der Waals surface area contributed by atoms with Crippen LogP contribution in [0.15, 0.2) is 41.5 Å². The molecule has 0 bridgehead atoms. The second kappa shape index (κ2) is 7.87. The number of nitrogens with zero attached hydrogens (tertiary/aromatic N) is 1. The summed E-state index contributed by atoms with van der Waals surface area (Å²) in [7, 11) is 4.60. The number of carbonyl (C=O) groups is 1. The minimum Gasteiger partial charge on any atom is -0.496 e. The third-order valence-corrected chi connectivity index (χ3v) is 3.31. The van der Waals surface area contributed by atoms with Crippen LogP contribution in [0.1, 0.15) is 15.9 Å². The molecule has 2 aromatic carbocycles. The van der Waals surface area contributed by atoms with Gasteiger partial charge < -0.3 is 19.9 Å². The number of hydrogen-bond acceptors (Lipinski definition) is 6. The third-order valence-electron chi connectivity index (χ3n) is 3.31. The van der Waals surface area contributed by atoms with Gasteiger partial charge in [0.2, 0.25) is 0 Å². The number of hydrazone groups is 1. The van der Waals surface area contributed by atoms with Gasteiger partial charge in [-0.3, -0.25) is 4.79 Å². The molecule has 0 aliphatic rings. The molecular weight excluding hydrogens is 310 g/mol. The van der Waals surface area contributed by atoms with Gasteiger partial charge >= 0.3 is 0 Å². The van der Waals surface area contributed by atoms with Crippen LogP contribution < -0.4 is 25.4 Å². The number of ether oxygens (including phenoxy) is 3. The molecule has 2 rings (SSSR count). The van der Waals surface area contributed by atoms with E-state index < -0.39 is 5.91 Å². The minimum absolute atomic E-state index is 0.355. The van der Waals surface area contributed by atoms with E-state index in [4.69, 9.17) is 19.9 Å². The number of nitrogens with two attached hydrogens (primary N) is 1. The number of hydrogen-bond donors (Lipinski definition) is 2. The topological polar surface area (TPSA) is 95.2 Å². The van der Waals surface area contributed by atoms with E-state index >= 15 is 0 Å². The maximum Gasteiger partial charge on any atom is 0.273 e. The molecule has 0 unspecified atom stereocenters. The number of nitrogens with one attached hydrogen (secondary N) is 1. The van der Waals surface area contributed by atoms with Crippen molar-refractivity contribution in [3.63, 3.8) is 0 Å². The van der Waals surface area contributed by atoms with Crippen LogP contribution in [0.4, 0.5) is 5.69 Å². The summed E-state index contributed by atoms with van der Waals surface area (Å²) < 4.78 is 15.7. The number of methoxy groups -OCH3 is 3. The summed E-state index contributed by atoms with van der Waals surface area (Å²) in [6, 6.07) is 10.1. The standard InChI is InChI=1S/C17H19N3O4/c1-22-14-9-16(24-3)15(23-2)8-11(14)10-19-20-17(21)12-6-4-5-7-13(12)18/h4-10H,18H2,1-3H3,(H,20,21)/b19-10+. The maximum atomic E-state index is 12.1. The highest BCUT2D eigenvalue weighted by atomic mass is 16.5. The summed E-state index contributed by atoms with van der Waals surface area (Å²) in [4.78, 5) is 12.1. The first kappa shape index (κ1) is 17.1. The zero-order valence-corrected chi connectivity index (χ0v) is 13.7. The molecule has 0 fully saturated rings. The van der Waals surface area contributed by atoms with Crippen molar-refractivity contribution in [3.8, 4) is 17.2 Å². The van der Waals surface area contributed by atoms with Gasteiger partial charge in [-0.25, -0.2) is 5.43 Å². The van der Waals surface area contributed by atoms with Gasteiger partial charge in [-0.2, -0.15) is 5.10 Å². The van der Waals surface area contributed by atoms with Crippen LogP contribution in [0.5, 0.6) is 17.2 Å². The largest absolute Gasteiger partial charge is 0.496 e. The lowest BCUT2D eigenvalue weighted by molar-refractivity contribution is 0.0956. The van der Waals surface area contributed by atoms with Crippen LogP contribution in [0.2, 0.25) is 0 Å². The van der Waals surface area contributed by atoms with Gasteiger partial charge in [-0.15, -0.1) is 0 Å². The van der Waals surface area contributed by atoms with Crippen LogP contribution in [0.25, 0.3) is 0 Å². The second-order valence-corrected chi connectivity index (χ2v) is 4.74. The fourth-order valence-corrected chi connectivity index (χ4v) is 2.08. The number of para-hydroxylation sites is 1. The van der Waals surface area contributed by atoms with E-state index in [0.29, 0.717) is 34.1 Å². The Balaban J connectivity index is 2.19. The molecule has 7 nitrogen and oxygen atoms in total.